The van der Waals surface area contributed by atoms with Crippen molar-refractivity contribution in [2.45, 2.75) is 31.8 Å². The summed E-state index contributed by atoms with van der Waals surface area (Å²) in [4.78, 5) is 4.98. The molecule has 4 heteroatoms. The highest BCUT2D eigenvalue weighted by atomic mass is 127. The first-order valence-electron chi connectivity index (χ1n) is 7.95. The van der Waals surface area contributed by atoms with E-state index in [1.165, 1.54) is 35.2 Å². The molecule has 3 nitrogen and oxygen atoms in total. The fourth-order valence-electron chi connectivity index (χ4n) is 3.12. The van der Waals surface area contributed by atoms with E-state index in [0.29, 0.717) is 12.1 Å². The Morgan fingerprint density at radius 1 is 1.24 bits per heavy atom. The molecule has 0 bridgehead atoms. The van der Waals surface area contributed by atoms with Crippen LogP contribution in [0.5, 0.6) is 0 Å². The lowest BCUT2D eigenvalue weighted by Gasteiger charge is -2.39. The van der Waals surface area contributed by atoms with Crippen LogP contribution in [0.3, 0.4) is 0 Å². The average molecular weight is 401 g/mol. The molecule has 0 amide bonds. The molecule has 2 unspecified atom stereocenters. The number of rotatable bonds is 6. The number of piperazine rings is 1. The van der Waals surface area contributed by atoms with Crippen molar-refractivity contribution in [1.29, 1.82) is 0 Å². The maximum atomic E-state index is 3.68. The van der Waals surface area contributed by atoms with Crippen molar-refractivity contribution in [3.63, 3.8) is 0 Å². The molecule has 0 radical (unpaired) electrons. The molecular weight excluding hydrogens is 373 g/mol. The van der Waals surface area contributed by atoms with E-state index >= 15 is 0 Å². The van der Waals surface area contributed by atoms with Gasteiger partial charge < -0.3 is 15.1 Å². The third-order valence-corrected chi connectivity index (χ3v) is 5.14. The molecule has 0 spiro atoms. The van der Waals surface area contributed by atoms with Gasteiger partial charge in [0.05, 0.1) is 0 Å². The van der Waals surface area contributed by atoms with Gasteiger partial charge in [-0.3, -0.25) is 0 Å². The summed E-state index contributed by atoms with van der Waals surface area (Å²) >= 11 is 2.37. The van der Waals surface area contributed by atoms with Crippen molar-refractivity contribution < 1.29 is 0 Å². The number of halogens is 1. The van der Waals surface area contributed by atoms with Gasteiger partial charge in [-0.15, -0.1) is 0 Å². The van der Waals surface area contributed by atoms with E-state index < -0.39 is 0 Å². The third-order valence-electron chi connectivity index (χ3n) is 4.42. The van der Waals surface area contributed by atoms with Gasteiger partial charge >= 0.3 is 0 Å². The topological polar surface area (TPSA) is 18.5 Å². The first kappa shape index (κ1) is 17.2. The Hall–Kier alpha value is -0.170. The van der Waals surface area contributed by atoms with E-state index in [-0.39, 0.29) is 0 Å². The number of hydrogen-bond acceptors (Lipinski definition) is 3. The van der Waals surface area contributed by atoms with Gasteiger partial charge in [-0.25, -0.2) is 0 Å². The monoisotopic (exact) mass is 401 g/mol. The van der Waals surface area contributed by atoms with E-state index in [9.17, 15) is 0 Å². The molecule has 1 saturated heterocycles. The number of hydrogen-bond donors (Lipinski definition) is 1. The zero-order valence-electron chi connectivity index (χ0n) is 13.5. The summed E-state index contributed by atoms with van der Waals surface area (Å²) in [5.41, 5.74) is 1.44. The second-order valence-corrected chi connectivity index (χ2v) is 7.46. The molecule has 0 aliphatic carbocycles. The van der Waals surface area contributed by atoms with Crippen LogP contribution in [-0.4, -0.2) is 62.2 Å². The lowest BCUT2D eigenvalue weighted by atomic mass is 9.97. The summed E-state index contributed by atoms with van der Waals surface area (Å²) in [7, 11) is 4.51. The normalized spacial score (nSPS) is 22.4. The highest BCUT2D eigenvalue weighted by Crippen LogP contribution is 2.16. The molecular formula is C17H28IN3. The van der Waals surface area contributed by atoms with Crippen molar-refractivity contribution in [1.82, 2.24) is 15.1 Å². The Morgan fingerprint density at radius 2 is 1.95 bits per heavy atom. The van der Waals surface area contributed by atoms with Gasteiger partial charge in [0, 0.05) is 35.3 Å². The van der Waals surface area contributed by atoms with E-state index in [4.69, 9.17) is 0 Å². The lowest BCUT2D eigenvalue weighted by Crippen LogP contribution is -2.52. The largest absolute Gasteiger partial charge is 0.314 e. The van der Waals surface area contributed by atoms with Gasteiger partial charge in [-0.1, -0.05) is 19.1 Å². The Morgan fingerprint density at radius 3 is 2.62 bits per heavy atom. The predicted octanol–water partition coefficient (Wildman–Crippen LogP) is 2.45. The molecule has 1 N–H and O–H groups in total. The number of nitrogens with zero attached hydrogens (tertiary/aromatic N) is 2. The van der Waals surface area contributed by atoms with Crippen molar-refractivity contribution >= 4 is 22.6 Å². The van der Waals surface area contributed by atoms with E-state index in [2.05, 4.69) is 83.0 Å². The summed E-state index contributed by atoms with van der Waals surface area (Å²) in [5.74, 6) is 0. The molecule has 0 saturated carbocycles. The van der Waals surface area contributed by atoms with Gasteiger partial charge in [-0.2, -0.15) is 0 Å². The van der Waals surface area contributed by atoms with Crippen LogP contribution in [0.4, 0.5) is 0 Å². The molecule has 118 valence electrons. The van der Waals surface area contributed by atoms with Gasteiger partial charge in [0.2, 0.25) is 0 Å². The SMILES string of the molecule is CCNC(Cc1ccc(I)cc1)CC1CN(C)CCN1C. The molecule has 1 aromatic carbocycles. The minimum absolute atomic E-state index is 0.564. The van der Waals surface area contributed by atoms with Gasteiger partial charge in [0.1, 0.15) is 0 Å². The lowest BCUT2D eigenvalue weighted by molar-refractivity contribution is 0.101. The number of benzene rings is 1. The van der Waals surface area contributed by atoms with E-state index in [1.807, 2.05) is 0 Å². The van der Waals surface area contributed by atoms with Crippen LogP contribution in [0.15, 0.2) is 24.3 Å². The molecule has 1 aliphatic rings. The van der Waals surface area contributed by atoms with Gasteiger partial charge in [0.25, 0.3) is 0 Å². The van der Waals surface area contributed by atoms with E-state index in [1.54, 1.807) is 0 Å². The Kier molecular flexibility index (Phi) is 6.92. The maximum Gasteiger partial charge on any atom is 0.0235 e. The first-order chi connectivity index (χ1) is 10.1. The van der Waals surface area contributed by atoms with Crippen molar-refractivity contribution in [2.24, 2.45) is 0 Å². The van der Waals surface area contributed by atoms with E-state index in [0.717, 1.165) is 13.0 Å². The molecule has 2 rings (SSSR count). The highest BCUT2D eigenvalue weighted by Gasteiger charge is 2.25. The zero-order chi connectivity index (χ0) is 15.2. The molecule has 2 atom stereocenters. The van der Waals surface area contributed by atoms with Gasteiger partial charge in [-0.05, 0) is 73.8 Å². The summed E-state index contributed by atoms with van der Waals surface area (Å²) in [6.07, 6.45) is 2.35. The van der Waals surface area contributed by atoms with Gasteiger partial charge in [0.15, 0.2) is 0 Å². The van der Waals surface area contributed by atoms with Crippen molar-refractivity contribution in [2.75, 3.05) is 40.3 Å². The average Bonchev–Trinajstić information content (AvgIpc) is 2.45. The molecule has 0 aromatic heterocycles. The quantitative estimate of drug-likeness (QED) is 0.739. The standard InChI is InChI=1S/C17H28IN3/c1-4-19-16(11-14-5-7-15(18)8-6-14)12-17-13-20(2)9-10-21(17)3/h5-8,16-17,19H,4,9-13H2,1-3H3. The molecule has 1 heterocycles. The number of nitrogens with one attached hydrogen (secondary N) is 1. The third kappa shape index (κ3) is 5.51. The Balaban J connectivity index is 1.96. The Labute approximate surface area is 143 Å². The van der Waals surface area contributed by atoms with Crippen LogP contribution >= 0.6 is 22.6 Å². The van der Waals surface area contributed by atoms with Crippen LogP contribution in [0, 0.1) is 3.57 Å². The summed E-state index contributed by atoms with van der Waals surface area (Å²) < 4.78 is 1.31. The zero-order valence-corrected chi connectivity index (χ0v) is 15.6. The molecule has 21 heavy (non-hydrogen) atoms. The fraction of sp³-hybridized carbons (Fsp3) is 0.647. The van der Waals surface area contributed by atoms with Crippen LogP contribution in [-0.2, 0) is 6.42 Å². The summed E-state index contributed by atoms with van der Waals surface area (Å²) in [6.45, 7) is 6.81. The smallest absolute Gasteiger partial charge is 0.0235 e. The van der Waals surface area contributed by atoms with Crippen LogP contribution in [0.1, 0.15) is 18.9 Å². The van der Waals surface area contributed by atoms with Crippen molar-refractivity contribution in [3.05, 3.63) is 33.4 Å². The fourth-order valence-corrected chi connectivity index (χ4v) is 3.48. The highest BCUT2D eigenvalue weighted by molar-refractivity contribution is 14.1. The number of likely N-dealkylation sites (N-methyl/N-ethyl adjacent to an activating group) is 3. The first-order valence-corrected chi connectivity index (χ1v) is 9.03. The molecule has 1 aliphatic heterocycles. The van der Waals surface area contributed by atoms with Crippen LogP contribution < -0.4 is 5.32 Å². The molecule has 1 aromatic rings. The predicted molar refractivity (Wildman–Crippen MR) is 98.9 cm³/mol. The van der Waals surface area contributed by atoms with Crippen LogP contribution in [0.25, 0.3) is 0 Å². The summed E-state index contributed by atoms with van der Waals surface area (Å²) in [6, 6.07) is 10.2. The maximum absolute atomic E-state index is 3.68. The second-order valence-electron chi connectivity index (χ2n) is 6.22. The Bertz CT molecular complexity index is 421. The minimum Gasteiger partial charge on any atom is -0.314 e. The second kappa shape index (κ2) is 8.46. The van der Waals surface area contributed by atoms with Crippen LogP contribution in [0.2, 0.25) is 0 Å². The minimum atomic E-state index is 0.564. The summed E-state index contributed by atoms with van der Waals surface area (Å²) in [5, 5.41) is 3.68. The molecule has 1 fully saturated rings. The van der Waals surface area contributed by atoms with Crippen molar-refractivity contribution in [3.8, 4) is 0 Å².